The summed E-state index contributed by atoms with van der Waals surface area (Å²) in [6.07, 6.45) is 2.57. The van der Waals surface area contributed by atoms with Crippen molar-refractivity contribution in [2.24, 2.45) is 5.92 Å². The van der Waals surface area contributed by atoms with Crippen LogP contribution < -0.4 is 5.32 Å². The average Bonchev–Trinajstić information content (AvgIpc) is 2.33. The lowest BCUT2D eigenvalue weighted by molar-refractivity contribution is -0.137. The molecule has 2 N–H and O–H groups in total. The Kier molecular flexibility index (Phi) is 1.06. The Labute approximate surface area is 59.4 Å². The molecule has 3 heteroatoms. The van der Waals surface area contributed by atoms with Crippen molar-refractivity contribution in [3.05, 3.63) is 0 Å². The number of piperidine rings is 1. The van der Waals surface area contributed by atoms with E-state index in [1.54, 1.807) is 0 Å². The quantitative estimate of drug-likeness (QED) is 0.578. The Morgan fingerprint density at radius 3 is 3.00 bits per heavy atom. The summed E-state index contributed by atoms with van der Waals surface area (Å²) >= 11 is 0. The number of nitrogens with one attached hydrogen (secondary N) is 1. The zero-order valence-corrected chi connectivity index (χ0v) is 5.76. The standard InChI is InChI=1S/C7H11NO2/c9-6(10)4-7-3-5(7)1-2-8-7/h5,8H,1-4H2,(H,9,10). The molecule has 2 atom stereocenters. The molecule has 2 fully saturated rings. The minimum Gasteiger partial charge on any atom is -0.481 e. The molecule has 1 saturated carbocycles. The topological polar surface area (TPSA) is 49.3 Å². The van der Waals surface area contributed by atoms with Crippen LogP contribution in [0.25, 0.3) is 0 Å². The van der Waals surface area contributed by atoms with Gasteiger partial charge < -0.3 is 10.4 Å². The predicted octanol–water partition coefficient (Wildman–Crippen LogP) is 0.213. The van der Waals surface area contributed by atoms with E-state index in [0.29, 0.717) is 12.3 Å². The minimum absolute atomic E-state index is 0.0336. The highest BCUT2D eigenvalue weighted by atomic mass is 16.4. The number of carbonyl (C=O) groups is 1. The Morgan fingerprint density at radius 1 is 1.80 bits per heavy atom. The zero-order valence-electron chi connectivity index (χ0n) is 5.76. The molecular weight excluding hydrogens is 130 g/mol. The van der Waals surface area contributed by atoms with E-state index < -0.39 is 5.97 Å². The van der Waals surface area contributed by atoms with Crippen LogP contribution in [-0.4, -0.2) is 23.2 Å². The first kappa shape index (κ1) is 6.16. The van der Waals surface area contributed by atoms with Crippen LogP contribution in [0.2, 0.25) is 0 Å². The van der Waals surface area contributed by atoms with Crippen LogP contribution in [0, 0.1) is 5.92 Å². The zero-order chi connectivity index (χ0) is 7.19. The van der Waals surface area contributed by atoms with Crippen LogP contribution in [0.15, 0.2) is 0 Å². The molecule has 56 valence electrons. The van der Waals surface area contributed by atoms with Gasteiger partial charge in [-0.2, -0.15) is 0 Å². The van der Waals surface area contributed by atoms with Gasteiger partial charge in [-0.15, -0.1) is 0 Å². The maximum atomic E-state index is 10.3. The third-order valence-electron chi connectivity index (χ3n) is 2.67. The second-order valence-electron chi connectivity index (χ2n) is 3.34. The molecule has 3 nitrogen and oxygen atoms in total. The van der Waals surface area contributed by atoms with Crippen molar-refractivity contribution >= 4 is 5.97 Å². The molecule has 1 aliphatic heterocycles. The van der Waals surface area contributed by atoms with E-state index in [1.165, 1.54) is 6.42 Å². The van der Waals surface area contributed by atoms with Gasteiger partial charge in [0.25, 0.3) is 0 Å². The first-order valence-electron chi connectivity index (χ1n) is 3.70. The molecule has 1 saturated heterocycles. The van der Waals surface area contributed by atoms with Crippen LogP contribution in [0.5, 0.6) is 0 Å². The number of aliphatic carboxylic acids is 1. The highest BCUT2D eigenvalue weighted by molar-refractivity contribution is 5.69. The highest BCUT2D eigenvalue weighted by Crippen LogP contribution is 2.51. The van der Waals surface area contributed by atoms with E-state index in [9.17, 15) is 4.79 Å². The summed E-state index contributed by atoms with van der Waals surface area (Å²) in [7, 11) is 0. The van der Waals surface area contributed by atoms with Crippen molar-refractivity contribution in [2.75, 3.05) is 6.54 Å². The third-order valence-corrected chi connectivity index (χ3v) is 2.67. The van der Waals surface area contributed by atoms with Crippen molar-refractivity contribution in [1.82, 2.24) is 5.32 Å². The molecular formula is C7H11NO2. The monoisotopic (exact) mass is 141 g/mol. The molecule has 0 radical (unpaired) electrons. The summed E-state index contributed by atoms with van der Waals surface area (Å²) in [4.78, 5) is 10.3. The second-order valence-corrected chi connectivity index (χ2v) is 3.34. The number of hydrogen-bond acceptors (Lipinski definition) is 2. The van der Waals surface area contributed by atoms with Gasteiger partial charge in [0, 0.05) is 5.54 Å². The van der Waals surface area contributed by atoms with Crippen molar-refractivity contribution in [3.63, 3.8) is 0 Å². The SMILES string of the molecule is O=C(O)CC12CC1CCN2. The molecule has 2 rings (SSSR count). The largest absolute Gasteiger partial charge is 0.481 e. The van der Waals surface area contributed by atoms with Gasteiger partial charge in [0.1, 0.15) is 0 Å². The van der Waals surface area contributed by atoms with E-state index in [-0.39, 0.29) is 5.54 Å². The molecule has 1 aliphatic carbocycles. The van der Waals surface area contributed by atoms with E-state index in [0.717, 1.165) is 13.0 Å². The normalized spacial score (nSPS) is 43.0. The molecule has 0 spiro atoms. The summed E-state index contributed by atoms with van der Waals surface area (Å²) in [5.74, 6) is 0.000463. The fourth-order valence-corrected chi connectivity index (χ4v) is 2.02. The predicted molar refractivity (Wildman–Crippen MR) is 35.7 cm³/mol. The summed E-state index contributed by atoms with van der Waals surface area (Å²) in [5, 5.41) is 11.8. The van der Waals surface area contributed by atoms with Gasteiger partial charge in [-0.3, -0.25) is 4.79 Å². The van der Waals surface area contributed by atoms with Crippen LogP contribution in [0.4, 0.5) is 0 Å². The smallest absolute Gasteiger partial charge is 0.305 e. The van der Waals surface area contributed by atoms with Gasteiger partial charge in [0.15, 0.2) is 0 Å². The van der Waals surface area contributed by atoms with E-state index >= 15 is 0 Å². The molecule has 0 aromatic carbocycles. The fraction of sp³-hybridized carbons (Fsp3) is 0.857. The van der Waals surface area contributed by atoms with Crippen molar-refractivity contribution in [3.8, 4) is 0 Å². The van der Waals surface area contributed by atoms with Crippen molar-refractivity contribution in [1.29, 1.82) is 0 Å². The first-order valence-corrected chi connectivity index (χ1v) is 3.70. The fourth-order valence-electron chi connectivity index (χ4n) is 2.02. The van der Waals surface area contributed by atoms with E-state index in [4.69, 9.17) is 5.11 Å². The molecule has 10 heavy (non-hydrogen) atoms. The lowest BCUT2D eigenvalue weighted by atomic mass is 10.1. The van der Waals surface area contributed by atoms with Gasteiger partial charge in [-0.25, -0.2) is 0 Å². The summed E-state index contributed by atoms with van der Waals surface area (Å²) in [6, 6.07) is 0. The number of carboxylic acids is 1. The third kappa shape index (κ3) is 0.736. The molecule has 0 aromatic rings. The highest BCUT2D eigenvalue weighted by Gasteiger charge is 2.57. The van der Waals surface area contributed by atoms with Crippen molar-refractivity contribution < 1.29 is 9.90 Å². The Balaban J connectivity index is 1.99. The summed E-state index contributed by atoms with van der Waals surface area (Å²) < 4.78 is 0. The molecule has 0 bridgehead atoms. The maximum absolute atomic E-state index is 10.3. The van der Waals surface area contributed by atoms with Crippen LogP contribution >= 0.6 is 0 Å². The number of rotatable bonds is 2. The van der Waals surface area contributed by atoms with Crippen LogP contribution in [-0.2, 0) is 4.79 Å². The molecule has 0 aromatic heterocycles. The first-order chi connectivity index (χ1) is 4.73. The Bertz CT molecular complexity index is 180. The summed E-state index contributed by atoms with van der Waals surface area (Å²) in [6.45, 7) is 1.01. The minimum atomic E-state index is -0.670. The Hall–Kier alpha value is -0.570. The average molecular weight is 141 g/mol. The van der Waals surface area contributed by atoms with Gasteiger partial charge in [0.2, 0.25) is 0 Å². The van der Waals surface area contributed by atoms with E-state index in [1.807, 2.05) is 0 Å². The number of fused-ring (bicyclic) bond motifs is 1. The Morgan fingerprint density at radius 2 is 2.60 bits per heavy atom. The van der Waals surface area contributed by atoms with Crippen molar-refractivity contribution in [2.45, 2.75) is 24.8 Å². The van der Waals surface area contributed by atoms with Crippen LogP contribution in [0.1, 0.15) is 19.3 Å². The van der Waals surface area contributed by atoms with Gasteiger partial charge >= 0.3 is 5.97 Å². The van der Waals surface area contributed by atoms with Crippen LogP contribution in [0.3, 0.4) is 0 Å². The number of hydrogen-bond donors (Lipinski definition) is 2. The van der Waals surface area contributed by atoms with E-state index in [2.05, 4.69) is 5.32 Å². The maximum Gasteiger partial charge on any atom is 0.305 e. The lowest BCUT2D eigenvalue weighted by Crippen LogP contribution is -2.30. The summed E-state index contributed by atoms with van der Waals surface area (Å²) in [5.41, 5.74) is 0.0336. The molecule has 0 amide bonds. The van der Waals surface area contributed by atoms with Gasteiger partial charge in [0.05, 0.1) is 6.42 Å². The molecule has 1 heterocycles. The van der Waals surface area contributed by atoms with Gasteiger partial charge in [-0.1, -0.05) is 0 Å². The second kappa shape index (κ2) is 1.72. The van der Waals surface area contributed by atoms with Gasteiger partial charge in [-0.05, 0) is 25.3 Å². The molecule has 2 aliphatic rings. The number of carboxylic acid groups (broad SMARTS) is 1. The molecule has 2 unspecified atom stereocenters. The lowest BCUT2D eigenvalue weighted by Gasteiger charge is -2.08.